The SMILES string of the molecule is C/C(=C\C=C\C(C)c1ccccn1)[C@H]1OC(=O)CCCCC[C@@H](OC(=O)N2CCN(C3CCCCCC3)CC2)/C=C/[C@@H]1C. The quantitative estimate of drug-likeness (QED) is 0.147. The Morgan fingerprint density at radius 2 is 1.72 bits per heavy atom. The van der Waals surface area contributed by atoms with E-state index in [4.69, 9.17) is 9.47 Å². The van der Waals surface area contributed by atoms with Gasteiger partial charge in [0.25, 0.3) is 0 Å². The predicted octanol–water partition coefficient (Wildman–Crippen LogP) is 7.60. The largest absolute Gasteiger partial charge is 0.457 e. The zero-order chi connectivity index (χ0) is 30.4. The molecule has 7 nitrogen and oxygen atoms in total. The Hall–Kier alpha value is -2.93. The zero-order valence-electron chi connectivity index (χ0n) is 26.7. The molecular weight excluding hydrogens is 538 g/mol. The van der Waals surface area contributed by atoms with Gasteiger partial charge in [0.2, 0.25) is 0 Å². The van der Waals surface area contributed by atoms with Crippen molar-refractivity contribution in [3.8, 4) is 0 Å². The van der Waals surface area contributed by atoms with Crippen molar-refractivity contribution in [2.75, 3.05) is 26.2 Å². The summed E-state index contributed by atoms with van der Waals surface area (Å²) >= 11 is 0. The van der Waals surface area contributed by atoms with Gasteiger partial charge in [-0.15, -0.1) is 0 Å². The Balaban J connectivity index is 1.36. The molecule has 1 aromatic rings. The molecule has 3 heterocycles. The van der Waals surface area contributed by atoms with E-state index in [0.717, 1.165) is 63.1 Å². The van der Waals surface area contributed by atoms with Crippen molar-refractivity contribution in [1.82, 2.24) is 14.8 Å². The van der Waals surface area contributed by atoms with Gasteiger partial charge in [-0.2, -0.15) is 0 Å². The number of allylic oxidation sites excluding steroid dienone is 3. The Bertz CT molecular complexity index is 1080. The van der Waals surface area contributed by atoms with E-state index in [-0.39, 0.29) is 36.1 Å². The summed E-state index contributed by atoms with van der Waals surface area (Å²) in [6, 6.07) is 6.61. The first-order chi connectivity index (χ1) is 20.9. The molecule has 0 aromatic carbocycles. The van der Waals surface area contributed by atoms with Crippen LogP contribution in [0.5, 0.6) is 0 Å². The predicted molar refractivity (Wildman–Crippen MR) is 172 cm³/mol. The summed E-state index contributed by atoms with van der Waals surface area (Å²) in [5.74, 6) is -0.0439. The number of nitrogens with zero attached hydrogens (tertiary/aromatic N) is 3. The number of hydrogen-bond donors (Lipinski definition) is 0. The number of ether oxygens (including phenoxy) is 2. The molecular formula is C36H53N3O4. The monoisotopic (exact) mass is 591 g/mol. The number of cyclic esters (lactones) is 1. The third-order valence-electron chi connectivity index (χ3n) is 9.26. The van der Waals surface area contributed by atoms with Crippen LogP contribution in [0.3, 0.4) is 0 Å². The molecule has 0 spiro atoms. The number of amides is 1. The Labute approximate surface area is 259 Å². The van der Waals surface area contributed by atoms with E-state index in [1.165, 1.54) is 38.5 Å². The van der Waals surface area contributed by atoms with Crippen molar-refractivity contribution >= 4 is 12.1 Å². The number of piperazine rings is 1. The summed E-state index contributed by atoms with van der Waals surface area (Å²) in [4.78, 5) is 34.8. The van der Waals surface area contributed by atoms with Crippen molar-refractivity contribution in [3.63, 3.8) is 0 Å². The molecule has 43 heavy (non-hydrogen) atoms. The first-order valence-corrected chi connectivity index (χ1v) is 16.7. The maximum Gasteiger partial charge on any atom is 0.410 e. The number of carbonyl (C=O) groups is 2. The fourth-order valence-electron chi connectivity index (χ4n) is 6.51. The molecule has 1 saturated carbocycles. The van der Waals surface area contributed by atoms with E-state index >= 15 is 0 Å². The van der Waals surface area contributed by atoms with Crippen molar-refractivity contribution in [2.45, 2.75) is 116 Å². The molecule has 4 rings (SSSR count). The van der Waals surface area contributed by atoms with Gasteiger partial charge in [-0.25, -0.2) is 4.79 Å². The fourth-order valence-corrected chi connectivity index (χ4v) is 6.51. The Morgan fingerprint density at radius 1 is 1.00 bits per heavy atom. The van der Waals surface area contributed by atoms with Gasteiger partial charge in [0.1, 0.15) is 12.2 Å². The van der Waals surface area contributed by atoms with Crippen molar-refractivity contribution in [2.24, 2.45) is 5.92 Å². The summed E-state index contributed by atoms with van der Waals surface area (Å²) in [5, 5.41) is 0. The van der Waals surface area contributed by atoms with Crippen LogP contribution in [-0.4, -0.2) is 71.3 Å². The lowest BCUT2D eigenvalue weighted by atomic mass is 9.95. The third-order valence-corrected chi connectivity index (χ3v) is 9.26. The molecule has 0 radical (unpaired) electrons. The minimum absolute atomic E-state index is 0.0643. The molecule has 1 unspecified atom stereocenters. The highest BCUT2D eigenvalue weighted by Crippen LogP contribution is 2.25. The number of carbonyl (C=O) groups excluding carboxylic acids is 2. The first kappa shape index (κ1) is 33.0. The number of esters is 1. The lowest BCUT2D eigenvalue weighted by molar-refractivity contribution is -0.148. The summed E-state index contributed by atoms with van der Waals surface area (Å²) in [6.45, 7) is 9.52. The van der Waals surface area contributed by atoms with E-state index in [0.29, 0.717) is 12.5 Å². The van der Waals surface area contributed by atoms with Crippen molar-refractivity contribution < 1.29 is 19.1 Å². The van der Waals surface area contributed by atoms with Crippen LogP contribution in [0.4, 0.5) is 4.79 Å². The molecule has 1 aliphatic carbocycles. The molecule has 1 saturated heterocycles. The van der Waals surface area contributed by atoms with E-state index in [1.807, 2.05) is 54.4 Å². The van der Waals surface area contributed by atoms with Crippen LogP contribution in [0.2, 0.25) is 0 Å². The molecule has 7 heteroatoms. The fraction of sp³-hybridized carbons (Fsp3) is 0.639. The molecule has 2 aliphatic heterocycles. The van der Waals surface area contributed by atoms with Gasteiger partial charge < -0.3 is 14.4 Å². The van der Waals surface area contributed by atoms with Crippen LogP contribution >= 0.6 is 0 Å². The number of aromatic nitrogens is 1. The standard InChI is InChI=1S/C36H53N3O4/c1-28(33-19-11-12-23-37-33)14-13-15-29(2)35-30(3)21-22-32(18-9-6-10-20-34(40)43-35)42-36(41)39-26-24-38(25-27-39)31-16-7-4-5-8-17-31/h11-15,19,21-23,28,30-32,35H,4-10,16-18,20,24-27H2,1-3H3/b14-13+,22-21+,29-15+/t28?,30-,32+,35+/m0/s1. The van der Waals surface area contributed by atoms with Crippen molar-refractivity contribution in [3.05, 3.63) is 66.0 Å². The minimum Gasteiger partial charge on any atom is -0.457 e. The minimum atomic E-state index is -0.383. The van der Waals surface area contributed by atoms with Crippen LogP contribution in [0.1, 0.15) is 103 Å². The molecule has 236 valence electrons. The summed E-state index contributed by atoms with van der Waals surface area (Å²) in [5.41, 5.74) is 1.99. The van der Waals surface area contributed by atoms with Gasteiger partial charge in [0.15, 0.2) is 0 Å². The van der Waals surface area contributed by atoms with Crippen LogP contribution in [0, 0.1) is 5.92 Å². The Morgan fingerprint density at radius 3 is 2.44 bits per heavy atom. The van der Waals surface area contributed by atoms with Gasteiger partial charge in [0.05, 0.1) is 0 Å². The number of hydrogen-bond acceptors (Lipinski definition) is 6. The molecule has 1 aromatic heterocycles. The van der Waals surface area contributed by atoms with Crippen LogP contribution in [0.25, 0.3) is 0 Å². The van der Waals surface area contributed by atoms with E-state index < -0.39 is 0 Å². The lowest BCUT2D eigenvalue weighted by Gasteiger charge is -2.39. The second-order valence-corrected chi connectivity index (χ2v) is 12.7. The van der Waals surface area contributed by atoms with Gasteiger partial charge >= 0.3 is 12.1 Å². The molecule has 0 bridgehead atoms. The average Bonchev–Trinajstić information content (AvgIpc) is 3.31. The van der Waals surface area contributed by atoms with Crippen LogP contribution < -0.4 is 0 Å². The van der Waals surface area contributed by atoms with E-state index in [2.05, 4.69) is 35.9 Å². The normalized spacial score (nSPS) is 27.4. The maximum absolute atomic E-state index is 13.2. The number of pyridine rings is 1. The zero-order valence-corrected chi connectivity index (χ0v) is 26.7. The molecule has 1 amide bonds. The second kappa shape index (κ2) is 17.4. The Kier molecular flexibility index (Phi) is 13.3. The number of rotatable bonds is 6. The molecule has 2 fully saturated rings. The first-order valence-electron chi connectivity index (χ1n) is 16.7. The van der Waals surface area contributed by atoms with E-state index in [1.54, 1.807) is 0 Å². The van der Waals surface area contributed by atoms with Gasteiger partial charge in [-0.3, -0.25) is 14.7 Å². The summed E-state index contributed by atoms with van der Waals surface area (Å²) in [6.07, 6.45) is 22.9. The van der Waals surface area contributed by atoms with Gasteiger partial charge in [-0.1, -0.05) is 76.3 Å². The van der Waals surface area contributed by atoms with E-state index in [9.17, 15) is 9.59 Å². The van der Waals surface area contributed by atoms with Crippen LogP contribution in [0.15, 0.2) is 60.3 Å². The van der Waals surface area contributed by atoms with Gasteiger partial charge in [-0.05, 0) is 62.8 Å². The smallest absolute Gasteiger partial charge is 0.410 e. The highest BCUT2D eigenvalue weighted by atomic mass is 16.6. The summed E-state index contributed by atoms with van der Waals surface area (Å²) < 4.78 is 12.1. The molecule has 4 atom stereocenters. The van der Waals surface area contributed by atoms with Crippen molar-refractivity contribution in [1.29, 1.82) is 0 Å². The average molecular weight is 592 g/mol. The topological polar surface area (TPSA) is 72.0 Å². The molecule has 0 N–H and O–H groups in total. The second-order valence-electron chi connectivity index (χ2n) is 12.7. The third kappa shape index (κ3) is 10.6. The lowest BCUT2D eigenvalue weighted by Crippen LogP contribution is -2.52. The maximum atomic E-state index is 13.2. The van der Waals surface area contributed by atoms with Crippen LogP contribution in [-0.2, 0) is 14.3 Å². The molecule has 3 aliphatic rings. The summed E-state index contributed by atoms with van der Waals surface area (Å²) in [7, 11) is 0. The van der Waals surface area contributed by atoms with Gasteiger partial charge in [0, 0.05) is 62.4 Å². The highest BCUT2D eigenvalue weighted by Gasteiger charge is 2.29. The highest BCUT2D eigenvalue weighted by molar-refractivity contribution is 5.70.